The molecule has 2 amide bonds. The Morgan fingerprint density at radius 2 is 2.04 bits per heavy atom. The Labute approximate surface area is 160 Å². The molecule has 0 spiro atoms. The lowest BCUT2D eigenvalue weighted by molar-refractivity contribution is 0.0942. The smallest absolute Gasteiger partial charge is 0.287 e. The number of carbonyl (C=O) groups is 2. The summed E-state index contributed by atoms with van der Waals surface area (Å²) in [5, 5.41) is 5.32. The van der Waals surface area contributed by atoms with Crippen LogP contribution in [0.1, 0.15) is 40.9 Å². The highest BCUT2D eigenvalue weighted by Crippen LogP contribution is 2.21. The van der Waals surface area contributed by atoms with E-state index in [1.807, 2.05) is 6.92 Å². The van der Waals surface area contributed by atoms with Gasteiger partial charge in [0.05, 0.1) is 10.5 Å². The van der Waals surface area contributed by atoms with Gasteiger partial charge in [0.25, 0.3) is 11.8 Å². The van der Waals surface area contributed by atoms with E-state index in [9.17, 15) is 14.0 Å². The molecular weight excluding hydrogens is 371 g/mol. The third-order valence-electron chi connectivity index (χ3n) is 3.96. The van der Waals surface area contributed by atoms with Crippen LogP contribution in [0.3, 0.4) is 0 Å². The van der Waals surface area contributed by atoms with Crippen molar-refractivity contribution in [1.82, 2.24) is 14.7 Å². The van der Waals surface area contributed by atoms with Crippen LogP contribution in [0.2, 0.25) is 5.02 Å². The predicted molar refractivity (Wildman–Crippen MR) is 102 cm³/mol. The topological polar surface area (TPSA) is 75.5 Å². The van der Waals surface area contributed by atoms with Crippen molar-refractivity contribution in [2.24, 2.45) is 0 Å². The lowest BCUT2D eigenvalue weighted by Gasteiger charge is -2.04. The lowest BCUT2D eigenvalue weighted by Crippen LogP contribution is -2.26. The highest BCUT2D eigenvalue weighted by Gasteiger charge is 2.21. The van der Waals surface area contributed by atoms with Gasteiger partial charge in [-0.15, -0.1) is 0 Å². The molecule has 8 heteroatoms. The Morgan fingerprint density at radius 1 is 1.22 bits per heavy atom. The first-order valence-corrected chi connectivity index (χ1v) is 8.90. The minimum atomic E-state index is -0.576. The van der Waals surface area contributed by atoms with Crippen LogP contribution in [0.4, 0.5) is 10.1 Å². The molecular formula is C19H18ClFN4O2. The maximum atomic E-state index is 13.3. The van der Waals surface area contributed by atoms with Gasteiger partial charge < -0.3 is 10.6 Å². The SMILES string of the molecule is CCCCNC(=O)c1nc(C(=O)Nc2ccc(F)c(Cl)c2)c2ccccn12. The molecule has 0 fully saturated rings. The van der Waals surface area contributed by atoms with E-state index in [-0.39, 0.29) is 22.4 Å². The molecule has 3 aromatic rings. The van der Waals surface area contributed by atoms with Gasteiger partial charge in [0, 0.05) is 18.4 Å². The van der Waals surface area contributed by atoms with Crippen LogP contribution in [0.25, 0.3) is 5.52 Å². The minimum absolute atomic E-state index is 0.0942. The van der Waals surface area contributed by atoms with Crippen LogP contribution in [0, 0.1) is 5.82 Å². The van der Waals surface area contributed by atoms with E-state index < -0.39 is 11.7 Å². The second kappa shape index (κ2) is 8.18. The van der Waals surface area contributed by atoms with Gasteiger partial charge in [-0.1, -0.05) is 31.0 Å². The molecule has 0 saturated carbocycles. The van der Waals surface area contributed by atoms with E-state index in [1.165, 1.54) is 12.1 Å². The van der Waals surface area contributed by atoms with E-state index in [4.69, 9.17) is 11.6 Å². The van der Waals surface area contributed by atoms with Gasteiger partial charge in [0.2, 0.25) is 5.82 Å². The fraction of sp³-hybridized carbons (Fsp3) is 0.211. The van der Waals surface area contributed by atoms with Crippen LogP contribution in [-0.4, -0.2) is 27.7 Å². The quantitative estimate of drug-likeness (QED) is 0.628. The summed E-state index contributed by atoms with van der Waals surface area (Å²) in [5.74, 6) is -1.32. The van der Waals surface area contributed by atoms with Crippen LogP contribution in [-0.2, 0) is 0 Å². The molecule has 0 atom stereocenters. The highest BCUT2D eigenvalue weighted by molar-refractivity contribution is 6.31. The van der Waals surface area contributed by atoms with Gasteiger partial charge in [-0.2, -0.15) is 0 Å². The number of carbonyl (C=O) groups excluding carboxylic acids is 2. The molecule has 0 bridgehead atoms. The van der Waals surface area contributed by atoms with Gasteiger partial charge in [-0.25, -0.2) is 9.37 Å². The molecule has 0 saturated heterocycles. The fourth-order valence-corrected chi connectivity index (χ4v) is 2.77. The number of amides is 2. The van der Waals surface area contributed by atoms with Crippen molar-refractivity contribution in [3.63, 3.8) is 0 Å². The molecule has 3 rings (SSSR count). The van der Waals surface area contributed by atoms with Crippen molar-refractivity contribution in [1.29, 1.82) is 0 Å². The molecule has 27 heavy (non-hydrogen) atoms. The summed E-state index contributed by atoms with van der Waals surface area (Å²) < 4.78 is 14.8. The zero-order valence-corrected chi connectivity index (χ0v) is 15.4. The molecule has 0 aliphatic heterocycles. The number of unbranched alkanes of at least 4 members (excludes halogenated alkanes) is 1. The molecule has 2 heterocycles. The standard InChI is InChI=1S/C19H18ClFN4O2/c1-2-3-9-22-19(27)17-24-16(15-6-4-5-10-25(15)17)18(26)23-12-7-8-14(21)13(20)11-12/h4-8,10-11H,2-3,9H2,1H3,(H,22,27)(H,23,26). The van der Waals surface area contributed by atoms with E-state index in [1.54, 1.807) is 28.8 Å². The van der Waals surface area contributed by atoms with Crippen molar-refractivity contribution >= 4 is 34.6 Å². The first-order valence-electron chi connectivity index (χ1n) is 8.53. The van der Waals surface area contributed by atoms with Crippen molar-refractivity contribution in [3.05, 3.63) is 65.0 Å². The number of aromatic nitrogens is 2. The molecule has 0 radical (unpaired) electrons. The second-order valence-corrected chi connectivity index (χ2v) is 6.34. The minimum Gasteiger partial charge on any atom is -0.349 e. The highest BCUT2D eigenvalue weighted by atomic mass is 35.5. The molecule has 2 N–H and O–H groups in total. The van der Waals surface area contributed by atoms with Gasteiger partial charge in [-0.3, -0.25) is 14.0 Å². The summed E-state index contributed by atoms with van der Waals surface area (Å²) in [5.41, 5.74) is 0.915. The second-order valence-electron chi connectivity index (χ2n) is 5.93. The van der Waals surface area contributed by atoms with Crippen molar-refractivity contribution in [2.75, 3.05) is 11.9 Å². The van der Waals surface area contributed by atoms with Crippen LogP contribution in [0.5, 0.6) is 0 Å². The van der Waals surface area contributed by atoms with Crippen molar-refractivity contribution in [2.45, 2.75) is 19.8 Å². The number of rotatable bonds is 6. The summed E-state index contributed by atoms with van der Waals surface area (Å²) in [4.78, 5) is 29.3. The van der Waals surface area contributed by atoms with E-state index in [2.05, 4.69) is 15.6 Å². The molecule has 6 nitrogen and oxygen atoms in total. The molecule has 140 valence electrons. The van der Waals surface area contributed by atoms with Gasteiger partial charge >= 0.3 is 0 Å². The summed E-state index contributed by atoms with van der Waals surface area (Å²) in [7, 11) is 0. The Balaban J connectivity index is 1.90. The number of nitrogens with one attached hydrogen (secondary N) is 2. The Bertz CT molecular complexity index is 1000. The van der Waals surface area contributed by atoms with E-state index in [0.717, 1.165) is 18.9 Å². The van der Waals surface area contributed by atoms with Gasteiger partial charge in [0.1, 0.15) is 5.82 Å². The van der Waals surface area contributed by atoms with Crippen LogP contribution >= 0.6 is 11.6 Å². The third kappa shape index (κ3) is 4.09. The fourth-order valence-electron chi connectivity index (χ4n) is 2.59. The summed E-state index contributed by atoms with van der Waals surface area (Å²) in [6.07, 6.45) is 3.48. The number of imidazole rings is 1. The van der Waals surface area contributed by atoms with Crippen molar-refractivity contribution < 1.29 is 14.0 Å². The first kappa shape index (κ1) is 18.8. The lowest BCUT2D eigenvalue weighted by atomic mass is 10.2. The summed E-state index contributed by atoms with van der Waals surface area (Å²) >= 11 is 5.75. The average Bonchev–Trinajstić information content (AvgIpc) is 3.05. The monoisotopic (exact) mass is 388 g/mol. The largest absolute Gasteiger partial charge is 0.349 e. The first-order chi connectivity index (χ1) is 13.0. The number of benzene rings is 1. The normalized spacial score (nSPS) is 10.8. The number of hydrogen-bond acceptors (Lipinski definition) is 3. The Kier molecular flexibility index (Phi) is 5.71. The van der Waals surface area contributed by atoms with E-state index in [0.29, 0.717) is 17.7 Å². The molecule has 0 unspecified atom stereocenters. The zero-order valence-electron chi connectivity index (χ0n) is 14.6. The number of fused-ring (bicyclic) bond motifs is 1. The molecule has 2 aromatic heterocycles. The van der Waals surface area contributed by atoms with Crippen LogP contribution in [0.15, 0.2) is 42.6 Å². The maximum Gasteiger partial charge on any atom is 0.287 e. The maximum absolute atomic E-state index is 13.3. The number of pyridine rings is 1. The Hall–Kier alpha value is -2.93. The van der Waals surface area contributed by atoms with Gasteiger partial charge in [-0.05, 0) is 36.8 Å². The number of hydrogen-bond donors (Lipinski definition) is 2. The number of anilines is 1. The van der Waals surface area contributed by atoms with Gasteiger partial charge in [0.15, 0.2) is 5.69 Å². The number of halogens is 2. The van der Waals surface area contributed by atoms with Crippen molar-refractivity contribution in [3.8, 4) is 0 Å². The molecule has 1 aromatic carbocycles. The zero-order chi connectivity index (χ0) is 19.4. The van der Waals surface area contributed by atoms with E-state index >= 15 is 0 Å². The third-order valence-corrected chi connectivity index (χ3v) is 4.25. The Morgan fingerprint density at radius 3 is 2.78 bits per heavy atom. The summed E-state index contributed by atoms with van der Waals surface area (Å²) in [6, 6.07) is 9.07. The molecule has 0 aliphatic carbocycles. The summed E-state index contributed by atoms with van der Waals surface area (Å²) in [6.45, 7) is 2.56. The van der Waals surface area contributed by atoms with Crippen LogP contribution < -0.4 is 10.6 Å². The predicted octanol–water partition coefficient (Wildman–Crippen LogP) is 3.91. The molecule has 0 aliphatic rings. The average molecular weight is 389 g/mol. The number of nitrogens with zero attached hydrogens (tertiary/aromatic N) is 2.